The van der Waals surface area contributed by atoms with Crippen molar-refractivity contribution >= 4 is 11.6 Å². The number of hydrogen-bond acceptors (Lipinski definition) is 3. The molecule has 0 aromatic heterocycles. The lowest BCUT2D eigenvalue weighted by Crippen LogP contribution is -2.35. The molecule has 0 amide bonds. The average Bonchev–Trinajstić information content (AvgIpc) is 2.34. The van der Waals surface area contributed by atoms with Crippen LogP contribution >= 0.6 is 11.6 Å². The van der Waals surface area contributed by atoms with E-state index in [0.29, 0.717) is 17.4 Å². The van der Waals surface area contributed by atoms with Crippen molar-refractivity contribution in [3.63, 3.8) is 0 Å². The lowest BCUT2D eigenvalue weighted by molar-refractivity contribution is 0.0717. The van der Waals surface area contributed by atoms with E-state index in [-0.39, 0.29) is 11.6 Å². The van der Waals surface area contributed by atoms with E-state index >= 15 is 0 Å². The van der Waals surface area contributed by atoms with E-state index in [1.165, 1.54) is 0 Å². The molecular formula is C15H24ClNO2. The summed E-state index contributed by atoms with van der Waals surface area (Å²) in [5, 5.41) is 4.06. The van der Waals surface area contributed by atoms with Crippen molar-refractivity contribution in [1.82, 2.24) is 5.32 Å². The second kappa shape index (κ2) is 7.13. The zero-order valence-corrected chi connectivity index (χ0v) is 13.2. The van der Waals surface area contributed by atoms with Gasteiger partial charge in [0.05, 0.1) is 11.1 Å². The number of nitrogens with one attached hydrogen (secondary N) is 1. The number of halogens is 1. The molecule has 0 heterocycles. The predicted molar refractivity (Wildman–Crippen MR) is 80.0 cm³/mol. The van der Waals surface area contributed by atoms with Gasteiger partial charge in [-0.05, 0) is 45.4 Å². The monoisotopic (exact) mass is 285 g/mol. The smallest absolute Gasteiger partial charge is 0.138 e. The fraction of sp³-hybridized carbons (Fsp3) is 0.600. The number of methoxy groups -OCH3 is 1. The zero-order valence-electron chi connectivity index (χ0n) is 12.4. The third kappa shape index (κ3) is 6.28. The van der Waals surface area contributed by atoms with E-state index in [9.17, 15) is 0 Å². The van der Waals surface area contributed by atoms with E-state index in [1.54, 1.807) is 7.11 Å². The molecule has 0 saturated heterocycles. The Morgan fingerprint density at radius 3 is 2.53 bits per heavy atom. The molecular weight excluding hydrogens is 262 g/mol. The maximum absolute atomic E-state index is 6.21. The fourth-order valence-corrected chi connectivity index (χ4v) is 1.67. The van der Waals surface area contributed by atoms with Crippen molar-refractivity contribution < 1.29 is 9.47 Å². The second-order valence-electron chi connectivity index (χ2n) is 5.73. The Balaban J connectivity index is 2.59. The van der Waals surface area contributed by atoms with Crippen LogP contribution in [0.1, 0.15) is 33.3 Å². The van der Waals surface area contributed by atoms with Gasteiger partial charge < -0.3 is 14.8 Å². The van der Waals surface area contributed by atoms with Crippen molar-refractivity contribution in [2.24, 2.45) is 0 Å². The van der Waals surface area contributed by atoms with Crippen LogP contribution in [0.15, 0.2) is 18.2 Å². The standard InChI is InChI=1S/C15H24ClNO2/c1-11(18-5)10-19-14-7-6-12(8-13(14)16)9-17-15(2,3)4/h6-8,11,17H,9-10H2,1-5H3. The van der Waals surface area contributed by atoms with Crippen molar-refractivity contribution in [3.05, 3.63) is 28.8 Å². The molecule has 1 aromatic carbocycles. The SMILES string of the molecule is COC(C)COc1ccc(CNC(C)(C)C)cc1Cl. The van der Waals surface area contributed by atoms with Crippen LogP contribution < -0.4 is 10.1 Å². The maximum atomic E-state index is 6.21. The van der Waals surface area contributed by atoms with Crippen LogP contribution in [0, 0.1) is 0 Å². The molecule has 0 spiro atoms. The molecule has 19 heavy (non-hydrogen) atoms. The third-order valence-electron chi connectivity index (χ3n) is 2.70. The van der Waals surface area contributed by atoms with Gasteiger partial charge in [0.1, 0.15) is 12.4 Å². The van der Waals surface area contributed by atoms with Gasteiger partial charge in [-0.1, -0.05) is 17.7 Å². The van der Waals surface area contributed by atoms with E-state index in [0.717, 1.165) is 12.1 Å². The molecule has 4 heteroatoms. The van der Waals surface area contributed by atoms with Crippen LogP contribution in [0.2, 0.25) is 5.02 Å². The lowest BCUT2D eigenvalue weighted by atomic mass is 10.1. The summed E-state index contributed by atoms with van der Waals surface area (Å²) in [6.45, 7) is 9.65. The van der Waals surface area contributed by atoms with Crippen molar-refractivity contribution in [2.75, 3.05) is 13.7 Å². The van der Waals surface area contributed by atoms with E-state index in [1.807, 2.05) is 25.1 Å². The molecule has 0 radical (unpaired) electrons. The second-order valence-corrected chi connectivity index (χ2v) is 6.13. The first-order valence-electron chi connectivity index (χ1n) is 6.51. The Morgan fingerprint density at radius 2 is 2.00 bits per heavy atom. The molecule has 0 aliphatic carbocycles. The first-order chi connectivity index (χ1) is 8.81. The molecule has 1 unspecified atom stereocenters. The minimum atomic E-state index is 0.0540. The number of rotatable bonds is 6. The van der Waals surface area contributed by atoms with Gasteiger partial charge in [0, 0.05) is 19.2 Å². The molecule has 0 aliphatic rings. The molecule has 0 fully saturated rings. The third-order valence-corrected chi connectivity index (χ3v) is 2.99. The van der Waals surface area contributed by atoms with Gasteiger partial charge in [0.15, 0.2) is 0 Å². The molecule has 0 bridgehead atoms. The summed E-state index contributed by atoms with van der Waals surface area (Å²) >= 11 is 6.21. The van der Waals surface area contributed by atoms with Gasteiger partial charge in [-0.3, -0.25) is 0 Å². The van der Waals surface area contributed by atoms with Crippen molar-refractivity contribution in [2.45, 2.75) is 45.9 Å². The summed E-state index contributed by atoms with van der Waals surface area (Å²) in [5.41, 5.74) is 1.24. The highest BCUT2D eigenvalue weighted by Crippen LogP contribution is 2.25. The van der Waals surface area contributed by atoms with Crippen LogP contribution in [0.5, 0.6) is 5.75 Å². The first kappa shape index (κ1) is 16.3. The number of ether oxygens (including phenoxy) is 2. The molecule has 1 atom stereocenters. The zero-order chi connectivity index (χ0) is 14.5. The quantitative estimate of drug-likeness (QED) is 0.865. The number of benzene rings is 1. The van der Waals surface area contributed by atoms with Gasteiger partial charge in [0.25, 0.3) is 0 Å². The summed E-state index contributed by atoms with van der Waals surface area (Å²) in [7, 11) is 1.66. The van der Waals surface area contributed by atoms with Crippen LogP contribution in [0.25, 0.3) is 0 Å². The number of hydrogen-bond donors (Lipinski definition) is 1. The molecule has 0 saturated carbocycles. The highest BCUT2D eigenvalue weighted by Gasteiger charge is 2.10. The Bertz CT molecular complexity index is 402. The summed E-state index contributed by atoms with van der Waals surface area (Å²) in [4.78, 5) is 0. The van der Waals surface area contributed by atoms with Gasteiger partial charge in [-0.2, -0.15) is 0 Å². The Labute approximate surface area is 121 Å². The Kier molecular flexibility index (Phi) is 6.11. The van der Waals surface area contributed by atoms with Crippen molar-refractivity contribution in [3.8, 4) is 5.75 Å². The Hall–Kier alpha value is -0.770. The van der Waals surface area contributed by atoms with Crippen LogP contribution in [-0.4, -0.2) is 25.4 Å². The van der Waals surface area contributed by atoms with E-state index in [2.05, 4.69) is 26.1 Å². The summed E-state index contributed by atoms with van der Waals surface area (Å²) < 4.78 is 10.7. The van der Waals surface area contributed by atoms with Crippen LogP contribution in [0.3, 0.4) is 0 Å². The van der Waals surface area contributed by atoms with E-state index < -0.39 is 0 Å². The summed E-state index contributed by atoms with van der Waals surface area (Å²) in [6.07, 6.45) is 0.0540. The largest absolute Gasteiger partial charge is 0.489 e. The maximum Gasteiger partial charge on any atom is 0.138 e. The van der Waals surface area contributed by atoms with E-state index in [4.69, 9.17) is 21.1 Å². The Morgan fingerprint density at radius 1 is 1.32 bits per heavy atom. The molecule has 0 aliphatic heterocycles. The molecule has 3 nitrogen and oxygen atoms in total. The summed E-state index contributed by atoms with van der Waals surface area (Å²) in [6, 6.07) is 5.87. The topological polar surface area (TPSA) is 30.5 Å². The fourth-order valence-electron chi connectivity index (χ4n) is 1.41. The molecule has 108 valence electrons. The molecule has 1 aromatic rings. The summed E-state index contributed by atoms with van der Waals surface area (Å²) in [5.74, 6) is 0.699. The van der Waals surface area contributed by atoms with Gasteiger partial charge in [-0.25, -0.2) is 0 Å². The lowest BCUT2D eigenvalue weighted by Gasteiger charge is -2.21. The van der Waals surface area contributed by atoms with Gasteiger partial charge in [-0.15, -0.1) is 0 Å². The predicted octanol–water partition coefficient (Wildman–Crippen LogP) is 3.64. The minimum Gasteiger partial charge on any atom is -0.489 e. The highest BCUT2D eigenvalue weighted by atomic mass is 35.5. The van der Waals surface area contributed by atoms with Crippen LogP contribution in [0.4, 0.5) is 0 Å². The normalized spacial score (nSPS) is 13.4. The van der Waals surface area contributed by atoms with Crippen molar-refractivity contribution in [1.29, 1.82) is 0 Å². The minimum absolute atomic E-state index is 0.0540. The molecule has 1 rings (SSSR count). The average molecular weight is 286 g/mol. The highest BCUT2D eigenvalue weighted by molar-refractivity contribution is 6.32. The molecule has 1 N–H and O–H groups in total. The van der Waals surface area contributed by atoms with Crippen LogP contribution in [-0.2, 0) is 11.3 Å². The van der Waals surface area contributed by atoms with Gasteiger partial charge in [0.2, 0.25) is 0 Å². The van der Waals surface area contributed by atoms with Gasteiger partial charge >= 0.3 is 0 Å². The first-order valence-corrected chi connectivity index (χ1v) is 6.88.